The highest BCUT2D eigenvalue weighted by atomic mass is 19.4. The third-order valence-corrected chi connectivity index (χ3v) is 2.60. The Hall–Kier alpha value is -2.31. The highest BCUT2D eigenvalue weighted by Crippen LogP contribution is 2.23. The average molecular weight is 284 g/mol. The van der Waals surface area contributed by atoms with Crippen LogP contribution in [0.5, 0.6) is 5.75 Å². The van der Waals surface area contributed by atoms with E-state index in [1.165, 1.54) is 23.0 Å². The van der Waals surface area contributed by atoms with Gasteiger partial charge in [0.2, 0.25) is 5.78 Å². The molecule has 0 atom stereocenters. The first-order valence-electron chi connectivity index (χ1n) is 5.83. The molecule has 106 valence electrons. The summed E-state index contributed by atoms with van der Waals surface area (Å²) in [5.74, 6) is -0.666. The monoisotopic (exact) mass is 284 g/mol. The van der Waals surface area contributed by atoms with E-state index in [2.05, 4.69) is 9.84 Å². The number of hydrogen-bond acceptors (Lipinski definition) is 3. The van der Waals surface area contributed by atoms with Gasteiger partial charge in [0.05, 0.1) is 0 Å². The lowest BCUT2D eigenvalue weighted by molar-refractivity contribution is -0.274. The number of aryl methyl sites for hydroxylation is 1. The summed E-state index contributed by atoms with van der Waals surface area (Å²) >= 11 is 0. The van der Waals surface area contributed by atoms with Gasteiger partial charge in [0, 0.05) is 18.3 Å². The molecule has 7 heteroatoms. The van der Waals surface area contributed by atoms with Crippen molar-refractivity contribution < 1.29 is 22.7 Å². The topological polar surface area (TPSA) is 44.1 Å². The number of hydrogen-bond donors (Lipinski definition) is 0. The molecule has 0 saturated carbocycles. The Labute approximate surface area is 112 Å². The maximum Gasteiger partial charge on any atom is 0.573 e. The predicted octanol–water partition coefficient (Wildman–Crippen LogP) is 3.03. The molecule has 1 aromatic heterocycles. The average Bonchev–Trinajstić information content (AvgIpc) is 2.85. The zero-order valence-corrected chi connectivity index (χ0v) is 10.5. The lowest BCUT2D eigenvalue weighted by Gasteiger charge is -2.09. The van der Waals surface area contributed by atoms with Crippen LogP contribution in [0.15, 0.2) is 36.5 Å². The fourth-order valence-electron chi connectivity index (χ4n) is 1.73. The lowest BCUT2D eigenvalue weighted by atomic mass is 10.1. The van der Waals surface area contributed by atoms with E-state index < -0.39 is 6.36 Å². The van der Waals surface area contributed by atoms with Crippen molar-refractivity contribution in [2.45, 2.75) is 19.8 Å². The number of ketones is 1. The Morgan fingerprint density at radius 3 is 2.45 bits per heavy atom. The van der Waals surface area contributed by atoms with E-state index in [9.17, 15) is 18.0 Å². The molecule has 1 aromatic carbocycles. The third-order valence-electron chi connectivity index (χ3n) is 2.60. The first-order valence-corrected chi connectivity index (χ1v) is 5.83. The van der Waals surface area contributed by atoms with Crippen LogP contribution in [0.4, 0.5) is 13.2 Å². The number of carbonyl (C=O) groups is 1. The summed E-state index contributed by atoms with van der Waals surface area (Å²) in [6, 6.07) is 6.35. The SMILES string of the molecule is CCn1nccc1C(=O)c1ccc(OC(F)(F)F)cc1. The van der Waals surface area contributed by atoms with Crippen LogP contribution >= 0.6 is 0 Å². The molecule has 0 N–H and O–H groups in total. The number of halogens is 3. The van der Waals surface area contributed by atoms with E-state index >= 15 is 0 Å². The smallest absolute Gasteiger partial charge is 0.406 e. The zero-order chi connectivity index (χ0) is 14.8. The Kier molecular flexibility index (Phi) is 3.78. The van der Waals surface area contributed by atoms with Gasteiger partial charge in [0.25, 0.3) is 0 Å². The number of alkyl halides is 3. The summed E-state index contributed by atoms with van der Waals surface area (Å²) in [5.41, 5.74) is 0.659. The van der Waals surface area contributed by atoms with Crippen LogP contribution in [-0.4, -0.2) is 21.9 Å². The molecule has 20 heavy (non-hydrogen) atoms. The van der Waals surface area contributed by atoms with Gasteiger partial charge < -0.3 is 4.74 Å². The maximum absolute atomic E-state index is 12.2. The quantitative estimate of drug-likeness (QED) is 0.811. The summed E-state index contributed by atoms with van der Waals surface area (Å²) in [6.45, 7) is 2.37. The van der Waals surface area contributed by atoms with Crippen LogP contribution in [0.2, 0.25) is 0 Å². The second-order valence-corrected chi connectivity index (χ2v) is 3.93. The van der Waals surface area contributed by atoms with Crippen molar-refractivity contribution in [2.75, 3.05) is 0 Å². The maximum atomic E-state index is 12.2. The Bertz CT molecular complexity index is 603. The van der Waals surface area contributed by atoms with Crippen molar-refractivity contribution >= 4 is 5.78 Å². The minimum atomic E-state index is -4.74. The molecule has 0 fully saturated rings. The van der Waals surface area contributed by atoms with E-state index in [-0.39, 0.29) is 17.1 Å². The van der Waals surface area contributed by atoms with Crippen LogP contribution in [0.1, 0.15) is 23.0 Å². The minimum Gasteiger partial charge on any atom is -0.406 e. The molecule has 0 spiro atoms. The number of rotatable bonds is 4. The van der Waals surface area contributed by atoms with E-state index in [0.29, 0.717) is 12.2 Å². The largest absolute Gasteiger partial charge is 0.573 e. The number of aromatic nitrogens is 2. The van der Waals surface area contributed by atoms with Gasteiger partial charge in [-0.2, -0.15) is 5.10 Å². The van der Waals surface area contributed by atoms with Gasteiger partial charge in [-0.25, -0.2) is 0 Å². The minimum absolute atomic E-state index is 0.273. The molecule has 2 rings (SSSR count). The number of carbonyl (C=O) groups excluding carboxylic acids is 1. The molecule has 0 aliphatic heterocycles. The Balaban J connectivity index is 2.20. The zero-order valence-electron chi connectivity index (χ0n) is 10.5. The molecular formula is C13H11F3N2O2. The molecule has 0 amide bonds. The highest BCUT2D eigenvalue weighted by molar-refractivity contribution is 6.07. The second-order valence-electron chi connectivity index (χ2n) is 3.93. The predicted molar refractivity (Wildman–Crippen MR) is 64.5 cm³/mol. The third kappa shape index (κ3) is 3.17. The van der Waals surface area contributed by atoms with Gasteiger partial charge >= 0.3 is 6.36 Å². The van der Waals surface area contributed by atoms with Crippen molar-refractivity contribution in [3.05, 3.63) is 47.8 Å². The molecule has 0 aliphatic carbocycles. The molecule has 1 heterocycles. The second kappa shape index (κ2) is 5.36. The van der Waals surface area contributed by atoms with Crippen LogP contribution < -0.4 is 4.74 Å². The van der Waals surface area contributed by atoms with Crippen molar-refractivity contribution in [3.63, 3.8) is 0 Å². The van der Waals surface area contributed by atoms with Gasteiger partial charge in [-0.3, -0.25) is 9.48 Å². The van der Waals surface area contributed by atoms with E-state index in [1.807, 2.05) is 6.92 Å². The van der Waals surface area contributed by atoms with Gasteiger partial charge in [-0.15, -0.1) is 13.2 Å². The first-order chi connectivity index (χ1) is 9.40. The molecule has 0 bridgehead atoms. The van der Waals surface area contributed by atoms with E-state index in [4.69, 9.17) is 0 Å². The molecule has 0 radical (unpaired) electrons. The molecule has 0 unspecified atom stereocenters. The van der Waals surface area contributed by atoms with Gasteiger partial charge in [0.1, 0.15) is 11.4 Å². The first kappa shape index (κ1) is 14.1. The van der Waals surface area contributed by atoms with Crippen molar-refractivity contribution in [2.24, 2.45) is 0 Å². The van der Waals surface area contributed by atoms with Crippen molar-refractivity contribution in [1.29, 1.82) is 0 Å². The fourth-order valence-corrected chi connectivity index (χ4v) is 1.73. The number of ether oxygens (including phenoxy) is 1. The Morgan fingerprint density at radius 1 is 1.25 bits per heavy atom. The highest BCUT2D eigenvalue weighted by Gasteiger charge is 2.31. The Morgan fingerprint density at radius 2 is 1.90 bits per heavy atom. The summed E-state index contributed by atoms with van der Waals surface area (Å²) in [7, 11) is 0. The standard InChI is InChI=1S/C13H11F3N2O2/c1-2-18-11(7-8-17-18)12(19)9-3-5-10(6-4-9)20-13(14,15)16/h3-8H,2H2,1H3. The summed E-state index contributed by atoms with van der Waals surface area (Å²) < 4.78 is 41.3. The molecule has 0 saturated heterocycles. The summed E-state index contributed by atoms with van der Waals surface area (Å²) in [4.78, 5) is 12.2. The van der Waals surface area contributed by atoms with Crippen molar-refractivity contribution in [1.82, 2.24) is 9.78 Å². The number of benzene rings is 1. The van der Waals surface area contributed by atoms with E-state index in [0.717, 1.165) is 12.1 Å². The van der Waals surface area contributed by atoms with Crippen LogP contribution in [0.25, 0.3) is 0 Å². The normalized spacial score (nSPS) is 11.4. The van der Waals surface area contributed by atoms with Gasteiger partial charge in [-0.1, -0.05) is 0 Å². The number of nitrogens with zero attached hydrogens (tertiary/aromatic N) is 2. The summed E-state index contributed by atoms with van der Waals surface area (Å²) in [6.07, 6.45) is -3.25. The summed E-state index contributed by atoms with van der Waals surface area (Å²) in [5, 5.41) is 3.97. The lowest BCUT2D eigenvalue weighted by Crippen LogP contribution is -2.17. The molecule has 4 nitrogen and oxygen atoms in total. The van der Waals surface area contributed by atoms with Crippen LogP contribution in [0, 0.1) is 0 Å². The van der Waals surface area contributed by atoms with E-state index in [1.54, 1.807) is 6.07 Å². The molecule has 0 aliphatic rings. The molecular weight excluding hydrogens is 273 g/mol. The fraction of sp³-hybridized carbons (Fsp3) is 0.231. The molecule has 2 aromatic rings. The van der Waals surface area contributed by atoms with Crippen LogP contribution in [-0.2, 0) is 6.54 Å². The van der Waals surface area contributed by atoms with Gasteiger partial charge in [-0.05, 0) is 37.3 Å². The van der Waals surface area contributed by atoms with Crippen LogP contribution in [0.3, 0.4) is 0 Å². The van der Waals surface area contributed by atoms with Crippen molar-refractivity contribution in [3.8, 4) is 5.75 Å². The van der Waals surface area contributed by atoms with Gasteiger partial charge in [0.15, 0.2) is 0 Å².